The van der Waals surface area contributed by atoms with Crippen molar-refractivity contribution in [2.45, 2.75) is 37.3 Å². The highest BCUT2D eigenvalue weighted by Crippen LogP contribution is 2.30. The van der Waals surface area contributed by atoms with Crippen LogP contribution in [0.1, 0.15) is 17.5 Å². The first kappa shape index (κ1) is 23.6. The molecule has 4 amide bonds. The Morgan fingerprint density at radius 2 is 1.79 bits per heavy atom. The largest absolute Gasteiger partial charge is 0.416 e. The predicted molar refractivity (Wildman–Crippen MR) is 116 cm³/mol. The van der Waals surface area contributed by atoms with Crippen molar-refractivity contribution in [1.29, 1.82) is 0 Å². The molecule has 2 heterocycles. The van der Waals surface area contributed by atoms with Crippen molar-refractivity contribution in [3.63, 3.8) is 0 Å². The van der Waals surface area contributed by atoms with Crippen molar-refractivity contribution in [2.75, 3.05) is 18.5 Å². The highest BCUT2D eigenvalue weighted by Gasteiger charge is 2.46. The van der Waals surface area contributed by atoms with Crippen molar-refractivity contribution in [2.24, 2.45) is 0 Å². The van der Waals surface area contributed by atoms with Crippen LogP contribution in [0.5, 0.6) is 0 Å². The fraction of sp³-hybridized carbons (Fsp3) is 0.348. The number of amides is 4. The molecule has 180 valence electrons. The molecule has 2 aromatic rings. The molecule has 4 rings (SSSR count). The molecule has 34 heavy (non-hydrogen) atoms. The summed E-state index contributed by atoms with van der Waals surface area (Å²) in [4.78, 5) is 39.1. The first-order valence-corrected chi connectivity index (χ1v) is 10.7. The summed E-state index contributed by atoms with van der Waals surface area (Å²) in [7, 11) is 0. The smallest absolute Gasteiger partial charge is 0.374 e. The van der Waals surface area contributed by atoms with Crippen LogP contribution in [-0.2, 0) is 27.1 Å². The Bertz CT molecular complexity index is 1050. The van der Waals surface area contributed by atoms with Gasteiger partial charge in [-0.2, -0.15) is 13.2 Å². The van der Waals surface area contributed by atoms with Gasteiger partial charge in [0.05, 0.1) is 24.8 Å². The third-order valence-electron chi connectivity index (χ3n) is 5.70. The topological polar surface area (TPSA) is 99.8 Å². The Balaban J connectivity index is 1.28. The van der Waals surface area contributed by atoms with Gasteiger partial charge in [-0.1, -0.05) is 30.3 Å². The standard InChI is InChI=1S/C23H23F3N4O4/c24-23(25,26)15-6-8-16(9-7-15)27-22(33)28-17-10-19-20(31)29-18(21(32)30(19)11-17)13-34-12-14-4-2-1-3-5-14/h1-9,17-19H,10-13H2,(H,29,31)(H2,27,28,33). The Morgan fingerprint density at radius 1 is 1.09 bits per heavy atom. The maximum atomic E-state index is 12.8. The lowest BCUT2D eigenvalue weighted by Crippen LogP contribution is -2.62. The summed E-state index contributed by atoms with van der Waals surface area (Å²) in [5.74, 6) is -0.606. The maximum Gasteiger partial charge on any atom is 0.416 e. The zero-order valence-electron chi connectivity index (χ0n) is 18.0. The van der Waals surface area contributed by atoms with Crippen LogP contribution in [0, 0.1) is 0 Å². The monoisotopic (exact) mass is 476 g/mol. The van der Waals surface area contributed by atoms with Gasteiger partial charge in [0.2, 0.25) is 11.8 Å². The number of hydrogen-bond acceptors (Lipinski definition) is 4. The average molecular weight is 476 g/mol. The molecule has 2 fully saturated rings. The van der Waals surface area contributed by atoms with E-state index in [2.05, 4.69) is 16.0 Å². The van der Waals surface area contributed by atoms with Crippen LogP contribution < -0.4 is 16.0 Å². The van der Waals surface area contributed by atoms with Crippen LogP contribution in [-0.4, -0.2) is 54.0 Å². The van der Waals surface area contributed by atoms with Crippen LogP contribution in [0.25, 0.3) is 0 Å². The molecule has 2 saturated heterocycles. The molecular formula is C23H23F3N4O4. The zero-order valence-corrected chi connectivity index (χ0v) is 18.0. The fourth-order valence-electron chi connectivity index (χ4n) is 4.04. The minimum absolute atomic E-state index is 0.0230. The van der Waals surface area contributed by atoms with E-state index in [4.69, 9.17) is 4.74 Å². The first-order chi connectivity index (χ1) is 16.2. The average Bonchev–Trinajstić information content (AvgIpc) is 3.22. The van der Waals surface area contributed by atoms with Crippen LogP contribution >= 0.6 is 0 Å². The second kappa shape index (κ2) is 9.72. The predicted octanol–water partition coefficient (Wildman–Crippen LogP) is 2.51. The summed E-state index contributed by atoms with van der Waals surface area (Å²) in [6.45, 7) is 0.472. The molecule has 2 aliphatic rings. The number of piperazine rings is 1. The SMILES string of the molecule is O=C(Nc1ccc(C(F)(F)F)cc1)NC1CC2C(=O)NC(COCc3ccccc3)C(=O)N2C1. The number of anilines is 1. The van der Waals surface area contributed by atoms with Crippen molar-refractivity contribution < 1.29 is 32.3 Å². The minimum Gasteiger partial charge on any atom is -0.374 e. The Hall–Kier alpha value is -3.60. The van der Waals surface area contributed by atoms with Gasteiger partial charge in [-0.25, -0.2) is 4.79 Å². The number of hydrogen-bond donors (Lipinski definition) is 3. The number of carbonyl (C=O) groups excluding carboxylic acids is 3. The molecule has 3 unspecified atom stereocenters. The van der Waals surface area contributed by atoms with Gasteiger partial charge in [-0.3, -0.25) is 9.59 Å². The Morgan fingerprint density at radius 3 is 2.47 bits per heavy atom. The van der Waals surface area contributed by atoms with E-state index in [0.717, 1.165) is 29.8 Å². The maximum absolute atomic E-state index is 12.8. The molecular weight excluding hydrogens is 453 g/mol. The molecule has 0 bridgehead atoms. The van der Waals surface area contributed by atoms with Crippen molar-refractivity contribution in [3.8, 4) is 0 Å². The van der Waals surface area contributed by atoms with E-state index in [1.54, 1.807) is 0 Å². The lowest BCUT2D eigenvalue weighted by molar-refractivity contribution is -0.148. The summed E-state index contributed by atoms with van der Waals surface area (Å²) in [6, 6.07) is 10.8. The van der Waals surface area contributed by atoms with Gasteiger partial charge in [0.15, 0.2) is 0 Å². The van der Waals surface area contributed by atoms with Gasteiger partial charge in [-0.05, 0) is 36.2 Å². The number of fused-ring (bicyclic) bond motifs is 1. The van der Waals surface area contributed by atoms with Gasteiger partial charge in [0.1, 0.15) is 12.1 Å². The number of nitrogens with one attached hydrogen (secondary N) is 3. The number of carbonyl (C=O) groups is 3. The lowest BCUT2D eigenvalue weighted by atomic mass is 10.1. The number of ether oxygens (including phenoxy) is 1. The number of halogens is 3. The number of nitrogens with zero attached hydrogens (tertiary/aromatic N) is 1. The van der Waals surface area contributed by atoms with Crippen LogP contribution in [0.15, 0.2) is 54.6 Å². The molecule has 0 saturated carbocycles. The van der Waals surface area contributed by atoms with Crippen LogP contribution in [0.3, 0.4) is 0 Å². The summed E-state index contributed by atoms with van der Waals surface area (Å²) in [5, 5.41) is 7.81. The highest BCUT2D eigenvalue weighted by molar-refractivity contribution is 5.98. The Labute approximate surface area is 193 Å². The molecule has 2 aromatic carbocycles. The third kappa shape index (κ3) is 5.48. The Kier molecular flexibility index (Phi) is 6.73. The molecule has 0 radical (unpaired) electrons. The van der Waals surface area contributed by atoms with Crippen LogP contribution in [0.2, 0.25) is 0 Å². The van der Waals surface area contributed by atoms with Crippen LogP contribution in [0.4, 0.5) is 23.7 Å². The molecule has 11 heteroatoms. The summed E-state index contributed by atoms with van der Waals surface area (Å²) >= 11 is 0. The molecule has 0 spiro atoms. The molecule has 2 aliphatic heterocycles. The first-order valence-electron chi connectivity index (χ1n) is 10.7. The molecule has 0 aliphatic carbocycles. The highest BCUT2D eigenvalue weighted by atomic mass is 19.4. The van der Waals surface area contributed by atoms with Crippen molar-refractivity contribution in [1.82, 2.24) is 15.5 Å². The van der Waals surface area contributed by atoms with Gasteiger partial charge in [0, 0.05) is 12.2 Å². The number of benzene rings is 2. The van der Waals surface area contributed by atoms with E-state index in [1.165, 1.54) is 4.90 Å². The third-order valence-corrected chi connectivity index (χ3v) is 5.70. The van der Waals surface area contributed by atoms with Crippen molar-refractivity contribution in [3.05, 3.63) is 65.7 Å². The van der Waals surface area contributed by atoms with Gasteiger partial charge in [-0.15, -0.1) is 0 Å². The quantitative estimate of drug-likeness (QED) is 0.597. The van der Waals surface area contributed by atoms with Gasteiger partial charge in [0.25, 0.3) is 0 Å². The molecule has 8 nitrogen and oxygen atoms in total. The molecule has 0 aromatic heterocycles. The second-order valence-corrected chi connectivity index (χ2v) is 8.17. The van der Waals surface area contributed by atoms with E-state index in [0.29, 0.717) is 6.61 Å². The van der Waals surface area contributed by atoms with E-state index in [9.17, 15) is 27.6 Å². The molecule has 3 N–H and O–H groups in total. The zero-order chi connectivity index (χ0) is 24.3. The van der Waals surface area contributed by atoms with E-state index < -0.39 is 35.9 Å². The summed E-state index contributed by atoms with van der Waals surface area (Å²) in [5.41, 5.74) is 0.308. The summed E-state index contributed by atoms with van der Waals surface area (Å²) < 4.78 is 43.6. The fourth-order valence-corrected chi connectivity index (χ4v) is 4.04. The van der Waals surface area contributed by atoms with Crippen molar-refractivity contribution >= 4 is 23.5 Å². The molecule has 3 atom stereocenters. The lowest BCUT2D eigenvalue weighted by Gasteiger charge is -2.34. The second-order valence-electron chi connectivity index (χ2n) is 8.17. The minimum atomic E-state index is -4.47. The number of rotatable bonds is 6. The van der Waals surface area contributed by atoms with E-state index >= 15 is 0 Å². The normalized spacial score (nSPS) is 22.2. The van der Waals surface area contributed by atoms with E-state index in [1.807, 2.05) is 30.3 Å². The van der Waals surface area contributed by atoms with Gasteiger partial charge < -0.3 is 25.6 Å². The number of alkyl halides is 3. The van der Waals surface area contributed by atoms with E-state index in [-0.39, 0.29) is 37.1 Å². The number of urea groups is 1. The summed E-state index contributed by atoms with van der Waals surface area (Å²) in [6.07, 6.45) is -4.23. The van der Waals surface area contributed by atoms with Gasteiger partial charge >= 0.3 is 12.2 Å².